The highest BCUT2D eigenvalue weighted by molar-refractivity contribution is 5.75. The van der Waals surface area contributed by atoms with Crippen LogP contribution in [0.2, 0.25) is 0 Å². The lowest BCUT2D eigenvalue weighted by molar-refractivity contribution is -0.379. The number of nitrogens with one attached hydrogen (secondary N) is 1. The Hall–Kier alpha value is -1.51. The molecule has 0 spiro atoms. The predicted octanol–water partition coefficient (Wildman–Crippen LogP) is 0.614. The van der Waals surface area contributed by atoms with E-state index in [2.05, 4.69) is 0 Å². The van der Waals surface area contributed by atoms with E-state index < -0.39 is 0 Å². The van der Waals surface area contributed by atoms with Crippen LogP contribution in [-0.2, 0) is 0 Å². The second kappa shape index (κ2) is 4.33. The zero-order valence-electron chi connectivity index (χ0n) is 5.20. The third-order valence-electron chi connectivity index (χ3n) is 1.14. The summed E-state index contributed by atoms with van der Waals surface area (Å²) in [5.74, 6) is 0. The van der Waals surface area contributed by atoms with Gasteiger partial charge in [0.1, 0.15) is 6.29 Å². The topological polar surface area (TPSA) is 48.1 Å². The Balaban J connectivity index is 0.000001000. The molecule has 11 heavy (non-hydrogen) atoms. The molecule has 1 N–H and O–H groups in total. The first-order chi connectivity index (χ1) is 4.86. The number of hydrogen-bond acceptors (Lipinski definition) is 2. The number of carbonyl (C=O) groups is 1. The Kier molecular flexibility index (Phi) is 3.73. The molecule has 3 nitrogen and oxygen atoms in total. The van der Waals surface area contributed by atoms with Gasteiger partial charge in [-0.15, -0.1) is 0 Å². The summed E-state index contributed by atoms with van der Waals surface area (Å²) in [5.41, 5.74) is 0.908. The van der Waals surface area contributed by atoms with Gasteiger partial charge in [0.05, 0.1) is 0 Å². The van der Waals surface area contributed by atoms with E-state index in [9.17, 15) is 9.70 Å². The van der Waals surface area contributed by atoms with E-state index in [-0.39, 0.29) is 7.43 Å². The van der Waals surface area contributed by atoms with Gasteiger partial charge in [-0.25, -0.2) is 0 Å². The average molecular weight is 152 g/mol. The monoisotopic (exact) mass is 152 g/mol. The molecule has 0 unspecified atom stereocenters. The van der Waals surface area contributed by atoms with Crippen LogP contribution in [0.4, 0.5) is 5.69 Å². The second-order valence-electron chi connectivity index (χ2n) is 1.85. The molecule has 1 aromatic rings. The second-order valence-corrected chi connectivity index (χ2v) is 1.85. The number of nitroso groups, excluding NO2 is 1. The van der Waals surface area contributed by atoms with Crippen LogP contribution >= 0.6 is 0 Å². The fourth-order valence-corrected chi connectivity index (χ4v) is 0.675. The molecule has 3 heteroatoms. The van der Waals surface area contributed by atoms with Crippen molar-refractivity contribution < 1.29 is 9.97 Å². The van der Waals surface area contributed by atoms with Gasteiger partial charge in [0, 0.05) is 27.8 Å². The summed E-state index contributed by atoms with van der Waals surface area (Å²) >= 11 is 0. The summed E-state index contributed by atoms with van der Waals surface area (Å²) in [6.45, 7) is 0. The van der Waals surface area contributed by atoms with Crippen LogP contribution in [0.5, 0.6) is 0 Å². The molecule has 0 atom stereocenters. The van der Waals surface area contributed by atoms with Gasteiger partial charge in [-0.1, -0.05) is 19.6 Å². The quantitative estimate of drug-likeness (QED) is 0.631. The van der Waals surface area contributed by atoms with E-state index in [1.807, 2.05) is 0 Å². The maximum Gasteiger partial charge on any atom is 0.254 e. The molecule has 0 aliphatic carbocycles. The van der Waals surface area contributed by atoms with E-state index in [0.29, 0.717) is 17.5 Å². The van der Waals surface area contributed by atoms with E-state index in [4.69, 9.17) is 0 Å². The lowest BCUT2D eigenvalue weighted by Crippen LogP contribution is -2.55. The Labute approximate surface area is 65.0 Å². The van der Waals surface area contributed by atoms with Crippen molar-refractivity contribution in [1.29, 1.82) is 0 Å². The van der Waals surface area contributed by atoms with Crippen LogP contribution in [0.3, 0.4) is 0 Å². The minimum atomic E-state index is 0. The summed E-state index contributed by atoms with van der Waals surface area (Å²) in [6.07, 6.45) is 0.695. The molecule has 0 bridgehead atoms. The average Bonchev–Trinajstić information content (AvgIpc) is 2.05. The van der Waals surface area contributed by atoms with Gasteiger partial charge in [-0.2, -0.15) is 0 Å². The Morgan fingerprint density at radius 2 is 2.09 bits per heavy atom. The van der Waals surface area contributed by atoms with Gasteiger partial charge in [-0.3, -0.25) is 4.79 Å². The fraction of sp³-hybridized carbons (Fsp3) is 0.125. The van der Waals surface area contributed by atoms with Crippen molar-refractivity contribution in [2.75, 3.05) is 0 Å². The van der Waals surface area contributed by atoms with Crippen LogP contribution in [0, 0.1) is 4.91 Å². The summed E-state index contributed by atoms with van der Waals surface area (Å²) in [5, 5.41) is 1.69. The highest BCUT2D eigenvalue weighted by Crippen LogP contribution is 2.01. The summed E-state index contributed by atoms with van der Waals surface area (Å²) < 4.78 is 0. The van der Waals surface area contributed by atoms with Crippen molar-refractivity contribution in [2.45, 2.75) is 7.43 Å². The van der Waals surface area contributed by atoms with Crippen LogP contribution in [-0.4, -0.2) is 6.29 Å². The van der Waals surface area contributed by atoms with E-state index in [0.717, 1.165) is 0 Å². The molecule has 0 heterocycles. The van der Waals surface area contributed by atoms with Gasteiger partial charge in [0.15, 0.2) is 0 Å². The Morgan fingerprint density at radius 1 is 1.36 bits per heavy atom. The van der Waals surface area contributed by atoms with Crippen molar-refractivity contribution in [1.82, 2.24) is 0 Å². The molecule has 0 aliphatic rings. The number of carbonyl (C=O) groups excluding carboxylic acids is 1. The highest BCUT2D eigenvalue weighted by Gasteiger charge is 1.96. The van der Waals surface area contributed by atoms with Crippen molar-refractivity contribution in [3.63, 3.8) is 0 Å². The minimum absolute atomic E-state index is 0. The van der Waals surface area contributed by atoms with E-state index in [1.165, 1.54) is 6.07 Å². The zero-order valence-corrected chi connectivity index (χ0v) is 5.20. The minimum Gasteiger partial charge on any atom is -0.298 e. The van der Waals surface area contributed by atoms with Gasteiger partial charge < -0.3 is 0 Å². The molecular formula is C8H10NO2+. The van der Waals surface area contributed by atoms with Gasteiger partial charge >= 0.3 is 0 Å². The summed E-state index contributed by atoms with van der Waals surface area (Å²) in [4.78, 5) is 20.2. The van der Waals surface area contributed by atoms with Crippen molar-refractivity contribution in [3.05, 3.63) is 34.7 Å². The molecule has 0 saturated heterocycles. The lowest BCUT2D eigenvalue weighted by Gasteiger charge is -1.83. The molecule has 0 aliphatic heterocycles. The molecule has 0 amide bonds. The number of benzene rings is 1. The number of aldehydes is 1. The fourth-order valence-electron chi connectivity index (χ4n) is 0.675. The number of hydrogen-bond donors (Lipinski definition) is 1. The van der Waals surface area contributed by atoms with Crippen LogP contribution in [0.15, 0.2) is 24.3 Å². The van der Waals surface area contributed by atoms with Crippen LogP contribution in [0.1, 0.15) is 17.8 Å². The normalized spacial score (nSPS) is 8.00. The smallest absolute Gasteiger partial charge is 0.254 e. The number of rotatable bonds is 2. The third kappa shape index (κ3) is 2.29. The van der Waals surface area contributed by atoms with Crippen molar-refractivity contribution >= 4 is 12.0 Å². The van der Waals surface area contributed by atoms with Crippen LogP contribution < -0.4 is 5.18 Å². The van der Waals surface area contributed by atoms with E-state index in [1.54, 1.807) is 23.4 Å². The standard InChI is InChI=1S/C7H5NO2.CH4/c9-5-6-2-1-3-7(4-6)8-10;/h1-5H;1H4/p+1. The van der Waals surface area contributed by atoms with Crippen molar-refractivity contribution in [3.8, 4) is 0 Å². The molecular weight excluding hydrogens is 142 g/mol. The molecule has 58 valence electrons. The third-order valence-corrected chi connectivity index (χ3v) is 1.14. The van der Waals surface area contributed by atoms with Gasteiger partial charge in [0.2, 0.25) is 0 Å². The predicted molar refractivity (Wildman–Crippen MR) is 42.6 cm³/mol. The molecule has 1 aromatic carbocycles. The first-order valence-corrected chi connectivity index (χ1v) is 2.80. The summed E-state index contributed by atoms with van der Waals surface area (Å²) in [7, 11) is 0. The Morgan fingerprint density at radius 3 is 2.64 bits per heavy atom. The first kappa shape index (κ1) is 9.49. The largest absolute Gasteiger partial charge is 0.298 e. The summed E-state index contributed by atoms with van der Waals surface area (Å²) in [6, 6.07) is 6.36. The molecule has 0 saturated carbocycles. The molecule has 1 rings (SSSR count). The van der Waals surface area contributed by atoms with Gasteiger partial charge in [0.25, 0.3) is 5.69 Å². The molecule has 0 fully saturated rings. The zero-order chi connectivity index (χ0) is 7.40. The van der Waals surface area contributed by atoms with Crippen molar-refractivity contribution in [2.24, 2.45) is 0 Å². The Bertz CT molecular complexity index is 235. The maximum absolute atomic E-state index is 10.1. The maximum atomic E-state index is 10.1. The van der Waals surface area contributed by atoms with Gasteiger partial charge in [-0.05, 0) is 0 Å². The highest BCUT2D eigenvalue weighted by atomic mass is 16.3. The van der Waals surface area contributed by atoms with E-state index >= 15 is 0 Å². The lowest BCUT2D eigenvalue weighted by atomic mass is 10.2. The molecule has 0 aromatic heterocycles. The molecule has 0 radical (unpaired) electrons. The van der Waals surface area contributed by atoms with Crippen LogP contribution in [0.25, 0.3) is 0 Å². The SMILES string of the molecule is C.O=Cc1cccc([NH+]=O)c1. The first-order valence-electron chi connectivity index (χ1n) is 2.80.